The van der Waals surface area contributed by atoms with Crippen molar-refractivity contribution in [2.24, 2.45) is 0 Å². The van der Waals surface area contributed by atoms with Crippen LogP contribution in [0.4, 0.5) is 0 Å². The zero-order valence-corrected chi connectivity index (χ0v) is 10.9. The summed E-state index contributed by atoms with van der Waals surface area (Å²) in [5, 5.41) is 0.294. The summed E-state index contributed by atoms with van der Waals surface area (Å²) in [5.74, 6) is 0.398. The summed E-state index contributed by atoms with van der Waals surface area (Å²) in [6.07, 6.45) is 2.39. The van der Waals surface area contributed by atoms with Gasteiger partial charge < -0.3 is 14.1 Å². The van der Waals surface area contributed by atoms with Crippen LogP contribution in [0.3, 0.4) is 0 Å². The lowest BCUT2D eigenvalue weighted by atomic mass is 10.4. The summed E-state index contributed by atoms with van der Waals surface area (Å²) < 4.78 is 9.67. The van der Waals surface area contributed by atoms with E-state index in [1.165, 1.54) is 25.1 Å². The first-order valence-corrected chi connectivity index (χ1v) is 6.77. The van der Waals surface area contributed by atoms with Crippen molar-refractivity contribution in [3.8, 4) is 0 Å². The van der Waals surface area contributed by atoms with Crippen molar-refractivity contribution in [3.63, 3.8) is 0 Å². The summed E-state index contributed by atoms with van der Waals surface area (Å²) in [7, 11) is 1.38. The largest absolute Gasteiger partial charge is 0.468 e. The van der Waals surface area contributed by atoms with Gasteiger partial charge in [-0.2, -0.15) is 0 Å². The minimum absolute atomic E-state index is 0.0823. The molecule has 0 spiro atoms. The lowest BCUT2D eigenvalue weighted by Gasteiger charge is -2.14. The summed E-state index contributed by atoms with van der Waals surface area (Å²) in [4.78, 5) is 24.8. The van der Waals surface area contributed by atoms with Crippen molar-refractivity contribution < 1.29 is 18.7 Å². The van der Waals surface area contributed by atoms with Gasteiger partial charge in [-0.05, 0) is 18.6 Å². The molecule has 5 nitrogen and oxygen atoms in total. The Hall–Kier alpha value is -1.43. The van der Waals surface area contributed by atoms with Crippen molar-refractivity contribution in [1.29, 1.82) is 0 Å². The number of nitrogens with zero attached hydrogens (tertiary/aromatic N) is 1. The molecule has 1 aliphatic rings. The van der Waals surface area contributed by atoms with Gasteiger partial charge in [0, 0.05) is 18.3 Å². The fraction of sp³-hybridized carbons (Fsp3) is 0.500. The average molecular weight is 269 g/mol. The van der Waals surface area contributed by atoms with Crippen LogP contribution in [0.15, 0.2) is 22.8 Å². The van der Waals surface area contributed by atoms with Crippen molar-refractivity contribution in [1.82, 2.24) is 4.90 Å². The Bertz CT molecular complexity index is 418. The summed E-state index contributed by atoms with van der Waals surface area (Å²) in [6, 6.07) is 3.37. The van der Waals surface area contributed by atoms with E-state index >= 15 is 0 Å². The predicted octanol–water partition coefficient (Wildman–Crippen LogP) is 1.40. The standard InChI is InChI=1S/C12H15NO4S/c1-16-11(14)8-18-9-4-5-13(7-9)12(15)10-3-2-6-17-10/h2-3,6,9H,4-5,7-8H2,1H3/t9-/m0/s1. The number of carbonyl (C=O) groups excluding carboxylic acids is 2. The van der Waals surface area contributed by atoms with Gasteiger partial charge in [0.1, 0.15) is 0 Å². The van der Waals surface area contributed by atoms with Crippen LogP contribution in [0.2, 0.25) is 0 Å². The third-order valence-corrected chi connectivity index (χ3v) is 4.09. The highest BCUT2D eigenvalue weighted by Crippen LogP contribution is 2.24. The number of likely N-dealkylation sites (tertiary alicyclic amines) is 1. The van der Waals surface area contributed by atoms with Gasteiger partial charge in [0.05, 0.1) is 19.1 Å². The Morgan fingerprint density at radius 1 is 1.61 bits per heavy atom. The molecule has 6 heteroatoms. The Morgan fingerprint density at radius 3 is 3.11 bits per heavy atom. The average Bonchev–Trinajstić information content (AvgIpc) is 3.05. The fourth-order valence-electron chi connectivity index (χ4n) is 1.85. The molecule has 2 heterocycles. The van der Waals surface area contributed by atoms with Gasteiger partial charge in [0.2, 0.25) is 0 Å². The first-order chi connectivity index (χ1) is 8.70. The molecule has 0 radical (unpaired) electrons. The number of carbonyl (C=O) groups is 2. The number of thioether (sulfide) groups is 1. The predicted molar refractivity (Wildman–Crippen MR) is 67.5 cm³/mol. The first kappa shape index (κ1) is 13.0. The lowest BCUT2D eigenvalue weighted by Crippen LogP contribution is -2.28. The third kappa shape index (κ3) is 3.07. The number of amides is 1. The maximum Gasteiger partial charge on any atom is 0.315 e. The molecule has 1 aromatic heterocycles. The van der Waals surface area contributed by atoms with Crippen LogP contribution in [0.1, 0.15) is 17.0 Å². The van der Waals surface area contributed by atoms with Crippen LogP contribution in [0.5, 0.6) is 0 Å². The number of methoxy groups -OCH3 is 1. The van der Waals surface area contributed by atoms with Gasteiger partial charge in [-0.25, -0.2) is 0 Å². The van der Waals surface area contributed by atoms with Crippen LogP contribution in [0.25, 0.3) is 0 Å². The second-order valence-corrected chi connectivity index (χ2v) is 5.31. The molecule has 1 fully saturated rings. The molecular weight excluding hydrogens is 254 g/mol. The van der Waals surface area contributed by atoms with E-state index in [1.54, 1.807) is 17.0 Å². The van der Waals surface area contributed by atoms with Gasteiger partial charge in [-0.1, -0.05) is 0 Å². The number of rotatable bonds is 4. The van der Waals surface area contributed by atoms with E-state index in [2.05, 4.69) is 4.74 Å². The number of hydrogen-bond donors (Lipinski definition) is 0. The van der Waals surface area contributed by atoms with Crippen molar-refractivity contribution in [3.05, 3.63) is 24.2 Å². The minimum atomic E-state index is -0.226. The molecule has 1 aliphatic heterocycles. The van der Waals surface area contributed by atoms with Crippen LogP contribution in [0, 0.1) is 0 Å². The maximum atomic E-state index is 12.0. The van der Waals surface area contributed by atoms with E-state index in [0.29, 0.717) is 29.9 Å². The van der Waals surface area contributed by atoms with E-state index in [1.807, 2.05) is 0 Å². The Balaban J connectivity index is 1.81. The molecule has 0 saturated carbocycles. The Morgan fingerprint density at radius 2 is 2.44 bits per heavy atom. The molecule has 2 rings (SSSR count). The van der Waals surface area contributed by atoms with E-state index in [9.17, 15) is 9.59 Å². The molecular formula is C12H15NO4S. The molecule has 1 aromatic rings. The number of esters is 1. The number of ether oxygens (including phenoxy) is 1. The molecule has 18 heavy (non-hydrogen) atoms. The highest BCUT2D eigenvalue weighted by molar-refractivity contribution is 8.00. The van der Waals surface area contributed by atoms with Crippen LogP contribution < -0.4 is 0 Å². The van der Waals surface area contributed by atoms with Gasteiger partial charge >= 0.3 is 5.97 Å². The second-order valence-electron chi connectivity index (χ2n) is 4.03. The van der Waals surface area contributed by atoms with Gasteiger partial charge in [0.25, 0.3) is 5.91 Å². The summed E-state index contributed by atoms with van der Waals surface area (Å²) in [6.45, 7) is 1.36. The molecule has 0 bridgehead atoms. The SMILES string of the molecule is COC(=O)CS[C@H]1CCN(C(=O)c2ccco2)C1. The molecule has 0 aromatic carbocycles. The topological polar surface area (TPSA) is 59.8 Å². The zero-order chi connectivity index (χ0) is 13.0. The smallest absolute Gasteiger partial charge is 0.315 e. The lowest BCUT2D eigenvalue weighted by molar-refractivity contribution is -0.137. The molecule has 1 atom stereocenters. The molecule has 0 aliphatic carbocycles. The molecule has 1 amide bonds. The Labute approximate surface area is 109 Å². The maximum absolute atomic E-state index is 12.0. The zero-order valence-electron chi connectivity index (χ0n) is 10.1. The molecule has 0 unspecified atom stereocenters. The monoisotopic (exact) mass is 269 g/mol. The van der Waals surface area contributed by atoms with E-state index in [0.717, 1.165) is 6.42 Å². The number of hydrogen-bond acceptors (Lipinski definition) is 5. The van der Waals surface area contributed by atoms with Crippen molar-refractivity contribution >= 4 is 23.6 Å². The van der Waals surface area contributed by atoms with E-state index in [-0.39, 0.29) is 11.9 Å². The highest BCUT2D eigenvalue weighted by Gasteiger charge is 2.28. The summed E-state index contributed by atoms with van der Waals surface area (Å²) >= 11 is 1.54. The van der Waals surface area contributed by atoms with Gasteiger partial charge in [-0.3, -0.25) is 9.59 Å². The number of furan rings is 1. The molecule has 1 saturated heterocycles. The van der Waals surface area contributed by atoms with Crippen molar-refractivity contribution in [2.75, 3.05) is 26.0 Å². The summed E-state index contributed by atoms with van der Waals surface area (Å²) in [5.41, 5.74) is 0. The first-order valence-electron chi connectivity index (χ1n) is 5.72. The molecule has 0 N–H and O–H groups in total. The Kier molecular flexibility index (Phi) is 4.30. The van der Waals surface area contributed by atoms with Crippen molar-refractivity contribution in [2.45, 2.75) is 11.7 Å². The third-order valence-electron chi connectivity index (χ3n) is 2.83. The fourth-order valence-corrected chi connectivity index (χ4v) is 2.90. The molecule has 98 valence electrons. The van der Waals surface area contributed by atoms with Crippen LogP contribution >= 0.6 is 11.8 Å². The quantitative estimate of drug-likeness (QED) is 0.773. The normalized spacial score (nSPS) is 18.9. The highest BCUT2D eigenvalue weighted by atomic mass is 32.2. The second kappa shape index (κ2) is 5.95. The van der Waals surface area contributed by atoms with Crippen LogP contribution in [-0.4, -0.2) is 48.0 Å². The minimum Gasteiger partial charge on any atom is -0.468 e. The van der Waals surface area contributed by atoms with E-state index in [4.69, 9.17) is 4.42 Å². The van der Waals surface area contributed by atoms with E-state index < -0.39 is 0 Å². The van der Waals surface area contributed by atoms with Crippen LogP contribution in [-0.2, 0) is 9.53 Å². The van der Waals surface area contributed by atoms with Gasteiger partial charge in [-0.15, -0.1) is 11.8 Å². The van der Waals surface area contributed by atoms with Gasteiger partial charge in [0.15, 0.2) is 5.76 Å².